The highest BCUT2D eigenvalue weighted by atomic mass is 32.1. The van der Waals surface area contributed by atoms with Crippen molar-refractivity contribution < 1.29 is 0 Å². The molecule has 1 unspecified atom stereocenters. The fourth-order valence-corrected chi connectivity index (χ4v) is 4.17. The van der Waals surface area contributed by atoms with Crippen LogP contribution in [0.25, 0.3) is 20.2 Å². The fraction of sp³-hybridized carbons (Fsp3) is 0.100. The van der Waals surface area contributed by atoms with Gasteiger partial charge in [-0.15, -0.1) is 17.9 Å². The van der Waals surface area contributed by atoms with E-state index in [1.54, 1.807) is 0 Å². The Balaban J connectivity index is 1.84. The van der Waals surface area contributed by atoms with Gasteiger partial charge in [0.2, 0.25) is 0 Å². The molecule has 0 aliphatic carbocycles. The molecule has 0 fully saturated rings. The van der Waals surface area contributed by atoms with Crippen LogP contribution in [0.15, 0.2) is 79.5 Å². The van der Waals surface area contributed by atoms with E-state index in [0.717, 1.165) is 6.54 Å². The van der Waals surface area contributed by atoms with Crippen LogP contribution in [0, 0.1) is 0 Å². The lowest BCUT2D eigenvalue weighted by Crippen LogP contribution is -2.23. The summed E-state index contributed by atoms with van der Waals surface area (Å²) in [5.74, 6) is 0. The molecule has 2 heterocycles. The zero-order valence-electron chi connectivity index (χ0n) is 12.3. The SMILES string of the molecule is C=CCN1C=CC=CC1c1ccc2sc3ccccc3c2c1. The number of hydrogen-bond acceptors (Lipinski definition) is 2. The predicted molar refractivity (Wildman–Crippen MR) is 97.3 cm³/mol. The van der Waals surface area contributed by atoms with Crippen LogP contribution in [0.4, 0.5) is 0 Å². The molecular weight excluding hydrogens is 286 g/mol. The lowest BCUT2D eigenvalue weighted by atomic mass is 10.0. The number of benzene rings is 2. The van der Waals surface area contributed by atoms with E-state index in [1.807, 2.05) is 17.4 Å². The summed E-state index contributed by atoms with van der Waals surface area (Å²) < 4.78 is 2.72. The Labute approximate surface area is 134 Å². The summed E-state index contributed by atoms with van der Waals surface area (Å²) in [6.45, 7) is 4.72. The Hall–Kier alpha value is -2.32. The zero-order valence-corrected chi connectivity index (χ0v) is 13.1. The highest BCUT2D eigenvalue weighted by Crippen LogP contribution is 2.36. The largest absolute Gasteiger partial charge is 0.363 e. The van der Waals surface area contributed by atoms with Crippen molar-refractivity contribution in [1.29, 1.82) is 0 Å². The van der Waals surface area contributed by atoms with Gasteiger partial charge in [0, 0.05) is 32.9 Å². The number of allylic oxidation sites excluding steroid dienone is 2. The molecular formula is C20H17NS. The summed E-state index contributed by atoms with van der Waals surface area (Å²) >= 11 is 1.87. The molecule has 2 aromatic carbocycles. The van der Waals surface area contributed by atoms with Crippen molar-refractivity contribution >= 4 is 31.5 Å². The molecule has 0 N–H and O–H groups in total. The van der Waals surface area contributed by atoms with Crippen LogP contribution < -0.4 is 0 Å². The van der Waals surface area contributed by atoms with Gasteiger partial charge in [0.05, 0.1) is 6.04 Å². The maximum Gasteiger partial charge on any atom is 0.0727 e. The third-order valence-electron chi connectivity index (χ3n) is 4.12. The summed E-state index contributed by atoms with van der Waals surface area (Å²) in [7, 11) is 0. The number of thiophene rings is 1. The molecule has 108 valence electrons. The van der Waals surface area contributed by atoms with Gasteiger partial charge in [-0.3, -0.25) is 0 Å². The Morgan fingerprint density at radius 3 is 2.82 bits per heavy atom. The Kier molecular flexibility index (Phi) is 3.32. The van der Waals surface area contributed by atoms with Crippen molar-refractivity contribution in [3.8, 4) is 0 Å². The van der Waals surface area contributed by atoms with Gasteiger partial charge in [-0.25, -0.2) is 0 Å². The van der Waals surface area contributed by atoms with Crippen LogP contribution in [0.3, 0.4) is 0 Å². The van der Waals surface area contributed by atoms with Crippen molar-refractivity contribution in [1.82, 2.24) is 4.90 Å². The first-order chi connectivity index (χ1) is 10.9. The van der Waals surface area contributed by atoms with E-state index >= 15 is 0 Å². The van der Waals surface area contributed by atoms with Gasteiger partial charge in [0.25, 0.3) is 0 Å². The van der Waals surface area contributed by atoms with E-state index in [4.69, 9.17) is 0 Å². The van der Waals surface area contributed by atoms with E-state index in [0.29, 0.717) is 0 Å². The van der Waals surface area contributed by atoms with Gasteiger partial charge in [0.15, 0.2) is 0 Å². The Morgan fingerprint density at radius 2 is 1.91 bits per heavy atom. The molecule has 4 rings (SSSR count). The topological polar surface area (TPSA) is 3.24 Å². The lowest BCUT2D eigenvalue weighted by Gasteiger charge is -2.29. The average molecular weight is 303 g/mol. The number of fused-ring (bicyclic) bond motifs is 3. The van der Waals surface area contributed by atoms with Crippen LogP contribution in [0.1, 0.15) is 11.6 Å². The minimum absolute atomic E-state index is 0.283. The molecule has 0 spiro atoms. The van der Waals surface area contributed by atoms with Crippen LogP contribution >= 0.6 is 11.3 Å². The van der Waals surface area contributed by atoms with Crippen LogP contribution in [0.5, 0.6) is 0 Å². The first kappa shape index (κ1) is 13.4. The number of nitrogens with zero attached hydrogens (tertiary/aromatic N) is 1. The van der Waals surface area contributed by atoms with E-state index in [2.05, 4.69) is 78.4 Å². The molecule has 0 amide bonds. The standard InChI is InChI=1S/C20H17NS/c1-2-12-21-13-6-5-8-18(21)15-10-11-20-17(14-15)16-7-3-4-9-19(16)22-20/h2-11,13-14,18H,1,12H2. The third-order valence-corrected chi connectivity index (χ3v) is 5.27. The van der Waals surface area contributed by atoms with Gasteiger partial charge in [-0.1, -0.05) is 42.5 Å². The molecule has 1 aliphatic heterocycles. The van der Waals surface area contributed by atoms with Crippen molar-refractivity contribution in [3.63, 3.8) is 0 Å². The van der Waals surface area contributed by atoms with Gasteiger partial charge in [0.1, 0.15) is 0 Å². The maximum atomic E-state index is 3.87. The molecule has 1 aliphatic rings. The molecule has 0 saturated heterocycles. The molecule has 2 heteroatoms. The first-order valence-corrected chi connectivity index (χ1v) is 8.31. The van der Waals surface area contributed by atoms with Gasteiger partial charge < -0.3 is 4.90 Å². The third kappa shape index (κ3) is 2.16. The highest BCUT2D eigenvalue weighted by Gasteiger charge is 2.16. The van der Waals surface area contributed by atoms with Crippen molar-refractivity contribution in [2.75, 3.05) is 6.54 Å². The van der Waals surface area contributed by atoms with E-state index in [1.165, 1.54) is 25.7 Å². The molecule has 1 atom stereocenters. The molecule has 0 radical (unpaired) electrons. The van der Waals surface area contributed by atoms with E-state index in [9.17, 15) is 0 Å². The second-order valence-electron chi connectivity index (χ2n) is 5.51. The number of hydrogen-bond donors (Lipinski definition) is 0. The molecule has 22 heavy (non-hydrogen) atoms. The van der Waals surface area contributed by atoms with Crippen LogP contribution in [-0.2, 0) is 0 Å². The second-order valence-corrected chi connectivity index (χ2v) is 6.59. The normalized spacial score (nSPS) is 17.5. The zero-order chi connectivity index (χ0) is 14.9. The molecule has 0 bridgehead atoms. The molecule has 3 aromatic rings. The van der Waals surface area contributed by atoms with Crippen molar-refractivity contribution in [2.45, 2.75) is 6.04 Å². The fourth-order valence-electron chi connectivity index (χ4n) is 3.09. The minimum atomic E-state index is 0.283. The highest BCUT2D eigenvalue weighted by molar-refractivity contribution is 7.25. The van der Waals surface area contributed by atoms with Gasteiger partial charge in [-0.05, 0) is 29.8 Å². The Bertz CT molecular complexity index is 900. The first-order valence-electron chi connectivity index (χ1n) is 7.49. The van der Waals surface area contributed by atoms with E-state index in [-0.39, 0.29) is 6.04 Å². The molecule has 1 nitrogen and oxygen atoms in total. The number of rotatable bonds is 3. The minimum Gasteiger partial charge on any atom is -0.363 e. The molecule has 1 aromatic heterocycles. The smallest absolute Gasteiger partial charge is 0.0727 e. The quantitative estimate of drug-likeness (QED) is 0.564. The van der Waals surface area contributed by atoms with Gasteiger partial charge in [-0.2, -0.15) is 0 Å². The lowest BCUT2D eigenvalue weighted by molar-refractivity contribution is 0.354. The summed E-state index contributed by atoms with van der Waals surface area (Å²) in [5.41, 5.74) is 1.33. The second kappa shape index (κ2) is 5.47. The summed E-state index contributed by atoms with van der Waals surface area (Å²) in [5, 5.41) is 2.72. The van der Waals surface area contributed by atoms with Crippen LogP contribution in [-0.4, -0.2) is 11.4 Å². The van der Waals surface area contributed by atoms with Crippen molar-refractivity contribution in [3.05, 3.63) is 85.1 Å². The monoisotopic (exact) mass is 303 g/mol. The van der Waals surface area contributed by atoms with Gasteiger partial charge >= 0.3 is 0 Å². The Morgan fingerprint density at radius 1 is 1.05 bits per heavy atom. The average Bonchev–Trinajstić information content (AvgIpc) is 2.93. The van der Waals surface area contributed by atoms with E-state index < -0.39 is 0 Å². The molecule has 0 saturated carbocycles. The maximum absolute atomic E-state index is 3.87. The summed E-state index contributed by atoms with van der Waals surface area (Å²) in [4.78, 5) is 2.31. The van der Waals surface area contributed by atoms with Crippen LogP contribution in [0.2, 0.25) is 0 Å². The van der Waals surface area contributed by atoms with Crippen molar-refractivity contribution in [2.24, 2.45) is 0 Å². The summed E-state index contributed by atoms with van der Waals surface area (Å²) in [6, 6.07) is 15.8. The summed E-state index contributed by atoms with van der Waals surface area (Å²) in [6.07, 6.45) is 10.6. The predicted octanol–water partition coefficient (Wildman–Crippen LogP) is 5.67.